The lowest BCUT2D eigenvalue weighted by Gasteiger charge is -2.42. The molecule has 2 aromatic heterocycles. The lowest BCUT2D eigenvalue weighted by Crippen LogP contribution is -2.31. The first-order valence-electron chi connectivity index (χ1n) is 17.5. The fourth-order valence-corrected chi connectivity index (χ4v) is 7.42. The SMILES string of the molecule is Cc1ccnc(N2c3cc(C(C)C)ccc3C(C)(C)c3cc(C(C)C)c(-c4cc(C(C)(C)C)c5ccc(C(C)(C)C)c(O)c5n4)cc32)c1. The normalized spacial score (nSPS) is 14.5. The van der Waals surface area contributed by atoms with Crippen LogP contribution in [0.4, 0.5) is 17.2 Å². The molecule has 0 aliphatic carbocycles. The average Bonchev–Trinajstić information content (AvgIpc) is 2.99. The van der Waals surface area contributed by atoms with Gasteiger partial charge in [-0.2, -0.15) is 0 Å². The number of fused-ring (bicyclic) bond motifs is 3. The van der Waals surface area contributed by atoms with E-state index in [4.69, 9.17) is 9.97 Å². The number of aryl methyl sites for hydroxylation is 1. The second kappa shape index (κ2) is 11.5. The number of anilines is 3. The second-order valence-corrected chi connectivity index (χ2v) is 17.1. The van der Waals surface area contributed by atoms with Crippen molar-refractivity contribution in [2.75, 3.05) is 4.90 Å². The summed E-state index contributed by atoms with van der Waals surface area (Å²) in [6.45, 7) is 29.0. The molecule has 0 atom stereocenters. The Morgan fingerprint density at radius 2 is 1.40 bits per heavy atom. The van der Waals surface area contributed by atoms with E-state index in [0.717, 1.165) is 33.7 Å². The van der Waals surface area contributed by atoms with Crippen LogP contribution >= 0.6 is 0 Å². The first-order valence-corrected chi connectivity index (χ1v) is 17.5. The van der Waals surface area contributed by atoms with Gasteiger partial charge in [-0.3, -0.25) is 4.90 Å². The van der Waals surface area contributed by atoms with E-state index in [1.54, 1.807) is 0 Å². The first kappa shape index (κ1) is 33.7. The van der Waals surface area contributed by atoms with Crippen molar-refractivity contribution in [3.8, 4) is 17.0 Å². The van der Waals surface area contributed by atoms with Crippen LogP contribution in [0.5, 0.6) is 5.75 Å². The minimum atomic E-state index is -0.240. The van der Waals surface area contributed by atoms with Gasteiger partial charge in [-0.1, -0.05) is 113 Å². The van der Waals surface area contributed by atoms with Gasteiger partial charge in [-0.25, -0.2) is 9.97 Å². The molecule has 0 amide bonds. The number of rotatable bonds is 4. The van der Waals surface area contributed by atoms with Crippen LogP contribution in [0, 0.1) is 6.92 Å². The lowest BCUT2D eigenvalue weighted by molar-refractivity contribution is 0.451. The summed E-state index contributed by atoms with van der Waals surface area (Å²) in [6.07, 6.45) is 1.91. The van der Waals surface area contributed by atoms with Crippen LogP contribution in [0.1, 0.15) is 134 Å². The van der Waals surface area contributed by atoms with Crippen molar-refractivity contribution in [2.45, 2.75) is 118 Å². The van der Waals surface area contributed by atoms with Gasteiger partial charge in [-0.05, 0) is 93.3 Å². The third-order valence-corrected chi connectivity index (χ3v) is 10.3. The fourth-order valence-electron chi connectivity index (χ4n) is 7.42. The molecule has 4 heteroatoms. The average molecular weight is 640 g/mol. The number of aromatic hydroxyl groups is 1. The molecule has 1 aliphatic rings. The van der Waals surface area contributed by atoms with Crippen molar-refractivity contribution in [3.05, 3.63) is 106 Å². The zero-order valence-corrected chi connectivity index (χ0v) is 31.3. The predicted octanol–water partition coefficient (Wildman–Crippen LogP) is 12.3. The molecule has 0 fully saturated rings. The van der Waals surface area contributed by atoms with E-state index in [9.17, 15) is 5.11 Å². The van der Waals surface area contributed by atoms with Gasteiger partial charge in [0.15, 0.2) is 0 Å². The number of hydrogen-bond donors (Lipinski definition) is 1. The summed E-state index contributed by atoms with van der Waals surface area (Å²) in [4.78, 5) is 12.6. The Kier molecular flexibility index (Phi) is 8.05. The number of aromatic nitrogens is 2. The maximum absolute atomic E-state index is 11.8. The van der Waals surface area contributed by atoms with E-state index in [2.05, 4.69) is 156 Å². The maximum atomic E-state index is 11.8. The fraction of sp³-hybridized carbons (Fsp3) is 0.409. The standard InChI is InChI=1S/C44H53N3O/c1-25(2)28-14-16-32-37(21-28)47(39-20-27(5)18-19-45-39)38-23-31(30(26(3)4)22-35(38)44(32,12)13)36-24-34(43(9,10)11)29-15-17-33(42(6,7)8)41(48)40(29)46-36/h14-26,48H,1-13H3. The van der Waals surface area contributed by atoms with E-state index in [0.29, 0.717) is 11.4 Å². The van der Waals surface area contributed by atoms with Crippen LogP contribution in [-0.2, 0) is 16.2 Å². The Balaban J connectivity index is 1.73. The van der Waals surface area contributed by atoms with Crippen LogP contribution in [0.3, 0.4) is 0 Å². The smallest absolute Gasteiger partial charge is 0.145 e. The summed E-state index contributed by atoms with van der Waals surface area (Å²) < 4.78 is 0. The van der Waals surface area contributed by atoms with Crippen molar-refractivity contribution in [1.29, 1.82) is 0 Å². The highest BCUT2D eigenvalue weighted by Crippen LogP contribution is 2.54. The number of hydrogen-bond acceptors (Lipinski definition) is 4. The quantitative estimate of drug-likeness (QED) is 0.213. The largest absolute Gasteiger partial charge is 0.505 e. The van der Waals surface area contributed by atoms with Crippen LogP contribution in [0.2, 0.25) is 0 Å². The number of phenols is 1. The minimum absolute atomic E-state index is 0.163. The second-order valence-electron chi connectivity index (χ2n) is 17.1. The topological polar surface area (TPSA) is 49.2 Å². The number of nitrogens with zero attached hydrogens (tertiary/aromatic N) is 3. The third kappa shape index (κ3) is 5.57. The summed E-state index contributed by atoms with van der Waals surface area (Å²) in [6, 6.07) is 22.5. The molecule has 0 saturated carbocycles. The van der Waals surface area contributed by atoms with E-state index < -0.39 is 0 Å². The Bertz CT molecular complexity index is 2050. The van der Waals surface area contributed by atoms with Gasteiger partial charge >= 0.3 is 0 Å². The van der Waals surface area contributed by atoms with Gasteiger partial charge in [0, 0.05) is 28.1 Å². The summed E-state index contributed by atoms with van der Waals surface area (Å²) in [5.74, 6) is 1.83. The molecule has 5 aromatic rings. The molecule has 3 aromatic carbocycles. The van der Waals surface area contributed by atoms with Crippen molar-refractivity contribution in [1.82, 2.24) is 9.97 Å². The summed E-state index contributed by atoms with van der Waals surface area (Å²) in [5.41, 5.74) is 12.7. The first-order chi connectivity index (χ1) is 22.3. The molecular formula is C44H53N3O. The molecule has 250 valence electrons. The van der Waals surface area contributed by atoms with Gasteiger partial charge in [0.1, 0.15) is 17.1 Å². The number of phenolic OH excluding ortho intramolecular Hbond substituents is 1. The zero-order chi connectivity index (χ0) is 35.1. The molecule has 3 heterocycles. The van der Waals surface area contributed by atoms with Gasteiger partial charge in [-0.15, -0.1) is 0 Å². The highest BCUT2D eigenvalue weighted by molar-refractivity contribution is 5.93. The Morgan fingerprint density at radius 1 is 0.729 bits per heavy atom. The van der Waals surface area contributed by atoms with E-state index in [1.165, 1.54) is 39.1 Å². The molecule has 0 saturated heterocycles. The number of pyridine rings is 2. The molecule has 48 heavy (non-hydrogen) atoms. The maximum Gasteiger partial charge on any atom is 0.145 e. The highest BCUT2D eigenvalue weighted by Gasteiger charge is 2.39. The van der Waals surface area contributed by atoms with Crippen molar-refractivity contribution >= 4 is 28.1 Å². The number of benzene rings is 3. The van der Waals surface area contributed by atoms with Gasteiger partial charge < -0.3 is 5.11 Å². The molecular weight excluding hydrogens is 587 g/mol. The Morgan fingerprint density at radius 3 is 2.00 bits per heavy atom. The minimum Gasteiger partial charge on any atom is -0.505 e. The zero-order valence-electron chi connectivity index (χ0n) is 31.3. The third-order valence-electron chi connectivity index (χ3n) is 10.3. The van der Waals surface area contributed by atoms with Crippen molar-refractivity contribution in [2.24, 2.45) is 0 Å². The molecule has 1 aliphatic heterocycles. The molecule has 0 bridgehead atoms. The van der Waals surface area contributed by atoms with Crippen LogP contribution < -0.4 is 4.90 Å². The van der Waals surface area contributed by atoms with Crippen molar-refractivity contribution < 1.29 is 5.11 Å². The van der Waals surface area contributed by atoms with Crippen LogP contribution in [0.25, 0.3) is 22.2 Å². The summed E-state index contributed by atoms with van der Waals surface area (Å²) in [7, 11) is 0. The summed E-state index contributed by atoms with van der Waals surface area (Å²) in [5, 5.41) is 12.8. The van der Waals surface area contributed by atoms with E-state index >= 15 is 0 Å². The molecule has 0 radical (unpaired) electrons. The Labute approximate surface area is 288 Å². The van der Waals surface area contributed by atoms with Gasteiger partial charge in [0.2, 0.25) is 0 Å². The molecule has 0 unspecified atom stereocenters. The van der Waals surface area contributed by atoms with Crippen molar-refractivity contribution in [3.63, 3.8) is 0 Å². The van der Waals surface area contributed by atoms with E-state index in [1.807, 2.05) is 6.20 Å². The molecule has 0 spiro atoms. The highest BCUT2D eigenvalue weighted by atomic mass is 16.3. The van der Waals surface area contributed by atoms with Gasteiger partial charge in [0.25, 0.3) is 0 Å². The van der Waals surface area contributed by atoms with Crippen LogP contribution in [0.15, 0.2) is 66.9 Å². The summed E-state index contributed by atoms with van der Waals surface area (Å²) >= 11 is 0. The van der Waals surface area contributed by atoms with E-state index in [-0.39, 0.29) is 27.9 Å². The molecule has 4 nitrogen and oxygen atoms in total. The Hall–Kier alpha value is -4.18. The lowest BCUT2D eigenvalue weighted by atomic mass is 9.71. The monoisotopic (exact) mass is 639 g/mol. The van der Waals surface area contributed by atoms with Gasteiger partial charge in [0.05, 0.1) is 17.1 Å². The molecule has 1 N–H and O–H groups in total. The molecule has 6 rings (SSSR count). The predicted molar refractivity (Wildman–Crippen MR) is 204 cm³/mol. The van der Waals surface area contributed by atoms with Crippen LogP contribution in [-0.4, -0.2) is 15.1 Å².